The molecule has 0 spiro atoms. The predicted octanol–water partition coefficient (Wildman–Crippen LogP) is 3.56. The number of rotatable bonds is 5. The maximum atomic E-state index is 13.0. The third kappa shape index (κ3) is 2.89. The summed E-state index contributed by atoms with van der Waals surface area (Å²) in [6, 6.07) is 6.88. The number of halogens is 1. The standard InChI is InChI=1S/C14H12FN5S2/c15-10-3-1-9(2-4-10)13-16-11(7-21-13)8-22-14-17-18-19-20(14)12-5-6-12/h1-4,7,12H,5-6,8H2. The van der Waals surface area contributed by atoms with Crippen molar-refractivity contribution in [1.29, 1.82) is 0 Å². The second-order valence-corrected chi connectivity index (χ2v) is 6.88. The number of thiazole rings is 1. The quantitative estimate of drug-likeness (QED) is 0.668. The van der Waals surface area contributed by atoms with Crippen molar-refractivity contribution in [3.8, 4) is 10.6 Å². The molecule has 1 aliphatic carbocycles. The molecule has 5 nitrogen and oxygen atoms in total. The minimum absolute atomic E-state index is 0.233. The summed E-state index contributed by atoms with van der Waals surface area (Å²) in [6.07, 6.45) is 2.31. The van der Waals surface area contributed by atoms with Gasteiger partial charge in [-0.25, -0.2) is 14.1 Å². The smallest absolute Gasteiger partial charge is 0.209 e. The molecule has 1 aliphatic rings. The molecule has 22 heavy (non-hydrogen) atoms. The lowest BCUT2D eigenvalue weighted by molar-refractivity contribution is 0.565. The van der Waals surface area contributed by atoms with Crippen LogP contribution in [0.25, 0.3) is 10.6 Å². The van der Waals surface area contributed by atoms with Gasteiger partial charge in [-0.1, -0.05) is 11.8 Å². The highest BCUT2D eigenvalue weighted by Crippen LogP contribution is 2.37. The van der Waals surface area contributed by atoms with E-state index in [1.54, 1.807) is 35.2 Å². The first-order valence-electron chi connectivity index (χ1n) is 6.90. The van der Waals surface area contributed by atoms with Crippen molar-refractivity contribution in [2.75, 3.05) is 0 Å². The van der Waals surface area contributed by atoms with Gasteiger partial charge in [-0.3, -0.25) is 0 Å². The SMILES string of the molecule is Fc1ccc(-c2nc(CSc3nnnn3C3CC3)cs2)cc1. The van der Waals surface area contributed by atoms with E-state index in [4.69, 9.17) is 0 Å². The molecule has 0 N–H and O–H groups in total. The number of tetrazole rings is 1. The Morgan fingerprint density at radius 1 is 1.27 bits per heavy atom. The van der Waals surface area contributed by atoms with Gasteiger partial charge in [0.25, 0.3) is 0 Å². The van der Waals surface area contributed by atoms with E-state index in [0.29, 0.717) is 6.04 Å². The summed E-state index contributed by atoms with van der Waals surface area (Å²) in [5.74, 6) is 0.494. The molecule has 0 aliphatic heterocycles. The van der Waals surface area contributed by atoms with Crippen molar-refractivity contribution >= 4 is 23.1 Å². The zero-order chi connectivity index (χ0) is 14.9. The van der Waals surface area contributed by atoms with Crippen molar-refractivity contribution in [3.63, 3.8) is 0 Å². The zero-order valence-electron chi connectivity index (χ0n) is 11.5. The Hall–Kier alpha value is -1.80. The van der Waals surface area contributed by atoms with Crippen LogP contribution in [0.2, 0.25) is 0 Å². The molecule has 0 bridgehead atoms. The summed E-state index contributed by atoms with van der Waals surface area (Å²) >= 11 is 3.16. The molecule has 0 amide bonds. The summed E-state index contributed by atoms with van der Waals surface area (Å²) in [4.78, 5) is 4.60. The van der Waals surface area contributed by atoms with E-state index in [2.05, 4.69) is 20.5 Å². The second kappa shape index (κ2) is 5.77. The average Bonchev–Trinajstić information content (AvgIpc) is 3.09. The molecule has 1 aromatic carbocycles. The fraction of sp³-hybridized carbons (Fsp3) is 0.286. The Kier molecular flexibility index (Phi) is 3.63. The van der Waals surface area contributed by atoms with Crippen LogP contribution in [0.3, 0.4) is 0 Å². The van der Waals surface area contributed by atoms with E-state index in [9.17, 15) is 4.39 Å². The molecule has 1 saturated carbocycles. The first-order valence-corrected chi connectivity index (χ1v) is 8.77. The van der Waals surface area contributed by atoms with Gasteiger partial charge in [-0.05, 0) is 47.5 Å². The van der Waals surface area contributed by atoms with Crippen LogP contribution in [0.15, 0.2) is 34.8 Å². The highest BCUT2D eigenvalue weighted by atomic mass is 32.2. The topological polar surface area (TPSA) is 56.5 Å². The molecule has 2 aromatic heterocycles. The lowest BCUT2D eigenvalue weighted by atomic mass is 10.2. The van der Waals surface area contributed by atoms with Gasteiger partial charge < -0.3 is 0 Å². The van der Waals surface area contributed by atoms with Crippen LogP contribution in [0, 0.1) is 5.82 Å². The number of hydrogen-bond acceptors (Lipinski definition) is 6. The molecule has 8 heteroatoms. The molecule has 4 rings (SSSR count). The Morgan fingerprint density at radius 2 is 2.09 bits per heavy atom. The molecular formula is C14H12FN5S2. The van der Waals surface area contributed by atoms with E-state index in [1.807, 2.05) is 10.1 Å². The predicted molar refractivity (Wildman–Crippen MR) is 83.2 cm³/mol. The molecule has 3 aromatic rings. The minimum Gasteiger partial charge on any atom is -0.240 e. The molecule has 2 heterocycles. The molecule has 1 fully saturated rings. The van der Waals surface area contributed by atoms with Gasteiger partial charge in [-0.2, -0.15) is 0 Å². The lowest BCUT2D eigenvalue weighted by Crippen LogP contribution is -1.98. The minimum atomic E-state index is -0.233. The number of thioether (sulfide) groups is 1. The first kappa shape index (κ1) is 13.8. The Balaban J connectivity index is 1.45. The van der Waals surface area contributed by atoms with Gasteiger partial charge >= 0.3 is 0 Å². The molecule has 0 unspecified atom stereocenters. The van der Waals surface area contributed by atoms with Crippen LogP contribution in [0.5, 0.6) is 0 Å². The van der Waals surface area contributed by atoms with Crippen LogP contribution in [0.4, 0.5) is 4.39 Å². The van der Waals surface area contributed by atoms with Gasteiger partial charge in [-0.15, -0.1) is 16.4 Å². The van der Waals surface area contributed by atoms with Crippen LogP contribution < -0.4 is 0 Å². The van der Waals surface area contributed by atoms with Crippen LogP contribution >= 0.6 is 23.1 Å². The van der Waals surface area contributed by atoms with Crippen molar-refractivity contribution in [3.05, 3.63) is 41.2 Å². The van der Waals surface area contributed by atoms with Gasteiger partial charge in [0.15, 0.2) is 0 Å². The van der Waals surface area contributed by atoms with E-state index in [0.717, 1.165) is 40.0 Å². The largest absolute Gasteiger partial charge is 0.240 e. The lowest BCUT2D eigenvalue weighted by Gasteiger charge is -2.00. The molecule has 0 atom stereocenters. The number of hydrogen-bond donors (Lipinski definition) is 0. The average molecular weight is 333 g/mol. The summed E-state index contributed by atoms with van der Waals surface area (Å²) in [5.41, 5.74) is 1.92. The highest BCUT2D eigenvalue weighted by molar-refractivity contribution is 7.98. The molecule has 112 valence electrons. The van der Waals surface area contributed by atoms with E-state index in [-0.39, 0.29) is 5.82 Å². The first-order chi connectivity index (χ1) is 10.8. The number of benzene rings is 1. The van der Waals surface area contributed by atoms with Crippen molar-refractivity contribution in [2.24, 2.45) is 0 Å². The van der Waals surface area contributed by atoms with Gasteiger partial charge in [0, 0.05) is 16.7 Å². The zero-order valence-corrected chi connectivity index (χ0v) is 13.1. The van der Waals surface area contributed by atoms with Crippen molar-refractivity contribution in [1.82, 2.24) is 25.2 Å². The normalized spacial score (nSPS) is 14.4. The van der Waals surface area contributed by atoms with Crippen LogP contribution in [-0.2, 0) is 5.75 Å². The third-order valence-corrected chi connectivity index (χ3v) is 5.25. The number of nitrogens with zero attached hydrogens (tertiary/aromatic N) is 5. The third-order valence-electron chi connectivity index (χ3n) is 3.35. The molecule has 0 saturated heterocycles. The van der Waals surface area contributed by atoms with E-state index < -0.39 is 0 Å². The molecular weight excluding hydrogens is 321 g/mol. The van der Waals surface area contributed by atoms with Gasteiger partial charge in [0.05, 0.1) is 11.7 Å². The Bertz CT molecular complexity index is 779. The summed E-state index contributed by atoms with van der Waals surface area (Å²) < 4.78 is 14.9. The van der Waals surface area contributed by atoms with Crippen LogP contribution in [-0.4, -0.2) is 25.2 Å². The van der Waals surface area contributed by atoms with Gasteiger partial charge in [0.2, 0.25) is 5.16 Å². The summed E-state index contributed by atoms with van der Waals surface area (Å²) in [6.45, 7) is 0. The van der Waals surface area contributed by atoms with Crippen LogP contribution in [0.1, 0.15) is 24.6 Å². The molecule has 0 radical (unpaired) electrons. The maximum Gasteiger partial charge on any atom is 0.209 e. The fourth-order valence-corrected chi connectivity index (χ4v) is 3.83. The summed E-state index contributed by atoms with van der Waals surface area (Å²) in [7, 11) is 0. The van der Waals surface area contributed by atoms with Gasteiger partial charge in [0.1, 0.15) is 10.8 Å². The van der Waals surface area contributed by atoms with E-state index >= 15 is 0 Å². The Morgan fingerprint density at radius 3 is 2.86 bits per heavy atom. The van der Waals surface area contributed by atoms with Crippen molar-refractivity contribution < 1.29 is 4.39 Å². The fourth-order valence-electron chi connectivity index (χ4n) is 2.07. The number of aromatic nitrogens is 5. The maximum absolute atomic E-state index is 13.0. The van der Waals surface area contributed by atoms with E-state index in [1.165, 1.54) is 12.1 Å². The summed E-state index contributed by atoms with van der Waals surface area (Å²) in [5, 5.41) is 15.6. The monoisotopic (exact) mass is 333 g/mol. The van der Waals surface area contributed by atoms with Crippen molar-refractivity contribution in [2.45, 2.75) is 29.8 Å². The highest BCUT2D eigenvalue weighted by Gasteiger charge is 2.27. The Labute approximate surface area is 134 Å². The second-order valence-electron chi connectivity index (χ2n) is 5.08.